The van der Waals surface area contributed by atoms with Crippen LogP contribution in [0.5, 0.6) is 0 Å². The minimum atomic E-state index is -0.381. The van der Waals surface area contributed by atoms with E-state index in [9.17, 15) is 4.79 Å². The summed E-state index contributed by atoms with van der Waals surface area (Å²) in [6.07, 6.45) is 1.02. The Morgan fingerprint density at radius 3 is 2.68 bits per heavy atom. The third-order valence-corrected chi connectivity index (χ3v) is 3.59. The third-order valence-electron chi connectivity index (χ3n) is 2.42. The predicted octanol–water partition coefficient (Wildman–Crippen LogP) is 2.80. The minimum absolute atomic E-state index is 0.339. The molecule has 19 heavy (non-hydrogen) atoms. The van der Waals surface area contributed by atoms with Crippen molar-refractivity contribution < 1.29 is 9.53 Å². The SMILES string of the molecule is CCCSc1nn(CC(C)C)c(N)c1C(=O)OCC. The molecular weight excluding hydrogens is 262 g/mol. The normalized spacial score (nSPS) is 11.0. The largest absolute Gasteiger partial charge is 0.462 e. The molecule has 0 saturated carbocycles. The molecule has 1 aromatic rings. The Balaban J connectivity index is 3.08. The van der Waals surface area contributed by atoms with Crippen LogP contribution in [0.4, 0.5) is 5.82 Å². The van der Waals surface area contributed by atoms with Crippen LogP contribution >= 0.6 is 11.8 Å². The zero-order valence-corrected chi connectivity index (χ0v) is 12.9. The van der Waals surface area contributed by atoms with Gasteiger partial charge in [0.1, 0.15) is 16.4 Å². The Morgan fingerprint density at radius 2 is 2.16 bits per heavy atom. The Labute approximate surface area is 118 Å². The molecule has 0 aliphatic heterocycles. The molecule has 5 nitrogen and oxygen atoms in total. The number of rotatable bonds is 7. The molecular formula is C13H23N3O2S. The lowest BCUT2D eigenvalue weighted by molar-refractivity contribution is 0.0523. The number of esters is 1. The van der Waals surface area contributed by atoms with Crippen molar-refractivity contribution in [1.29, 1.82) is 0 Å². The van der Waals surface area contributed by atoms with Crippen LogP contribution in [0.15, 0.2) is 5.03 Å². The van der Waals surface area contributed by atoms with Gasteiger partial charge >= 0.3 is 5.97 Å². The Bertz CT molecular complexity index is 430. The Kier molecular flexibility index (Phi) is 6.21. The lowest BCUT2D eigenvalue weighted by Crippen LogP contribution is -2.12. The van der Waals surface area contributed by atoms with Crippen LogP contribution in [-0.2, 0) is 11.3 Å². The van der Waals surface area contributed by atoms with Crippen LogP contribution in [0.1, 0.15) is 44.5 Å². The summed E-state index contributed by atoms with van der Waals surface area (Å²) in [5.74, 6) is 1.35. The Morgan fingerprint density at radius 1 is 1.47 bits per heavy atom. The maximum absolute atomic E-state index is 12.0. The molecule has 0 aliphatic carbocycles. The van der Waals surface area contributed by atoms with Crippen LogP contribution in [0.25, 0.3) is 0 Å². The first-order valence-electron chi connectivity index (χ1n) is 6.67. The molecule has 108 valence electrons. The Hall–Kier alpha value is -1.17. The quantitative estimate of drug-likeness (QED) is 0.616. The fourth-order valence-corrected chi connectivity index (χ4v) is 2.52. The van der Waals surface area contributed by atoms with Crippen LogP contribution in [0.2, 0.25) is 0 Å². The van der Waals surface area contributed by atoms with Crippen LogP contribution in [0, 0.1) is 5.92 Å². The van der Waals surface area contributed by atoms with E-state index in [-0.39, 0.29) is 5.97 Å². The van der Waals surface area contributed by atoms with Gasteiger partial charge < -0.3 is 10.5 Å². The van der Waals surface area contributed by atoms with Gasteiger partial charge in [-0.25, -0.2) is 9.48 Å². The van der Waals surface area contributed by atoms with Gasteiger partial charge in [-0.3, -0.25) is 0 Å². The first-order valence-corrected chi connectivity index (χ1v) is 7.65. The number of anilines is 1. The predicted molar refractivity (Wildman–Crippen MR) is 78.4 cm³/mol. The summed E-state index contributed by atoms with van der Waals surface area (Å²) in [5, 5.41) is 5.12. The van der Waals surface area contributed by atoms with Gasteiger partial charge in [-0.15, -0.1) is 11.8 Å². The minimum Gasteiger partial charge on any atom is -0.462 e. The number of thioether (sulfide) groups is 1. The molecule has 0 unspecified atom stereocenters. The second-order valence-corrected chi connectivity index (χ2v) is 5.79. The third kappa shape index (κ3) is 4.16. The van der Waals surface area contributed by atoms with Gasteiger partial charge in [0.05, 0.1) is 6.61 Å². The van der Waals surface area contributed by atoms with Crippen molar-refractivity contribution >= 4 is 23.5 Å². The van der Waals surface area contributed by atoms with Gasteiger partial charge in [0.25, 0.3) is 0 Å². The molecule has 0 radical (unpaired) electrons. The molecule has 0 atom stereocenters. The van der Waals surface area contributed by atoms with Crippen LogP contribution in [0.3, 0.4) is 0 Å². The maximum atomic E-state index is 12.0. The molecule has 2 N–H and O–H groups in total. The summed E-state index contributed by atoms with van der Waals surface area (Å²) in [7, 11) is 0. The van der Waals surface area contributed by atoms with E-state index in [0.717, 1.165) is 12.2 Å². The number of carbonyl (C=O) groups excluding carboxylic acids is 1. The van der Waals surface area contributed by atoms with E-state index in [1.165, 1.54) is 0 Å². The van der Waals surface area contributed by atoms with Crippen molar-refractivity contribution in [2.45, 2.75) is 45.7 Å². The van der Waals surface area contributed by atoms with Crippen molar-refractivity contribution in [3.63, 3.8) is 0 Å². The van der Waals surface area contributed by atoms with Gasteiger partial charge in [0.15, 0.2) is 0 Å². The number of ether oxygens (including phenoxy) is 1. The van der Waals surface area contributed by atoms with E-state index < -0.39 is 0 Å². The van der Waals surface area contributed by atoms with Crippen LogP contribution < -0.4 is 5.73 Å². The maximum Gasteiger partial charge on any atom is 0.344 e. The van der Waals surface area contributed by atoms with Crippen molar-refractivity contribution in [2.75, 3.05) is 18.1 Å². The van der Waals surface area contributed by atoms with Gasteiger partial charge in [0, 0.05) is 6.54 Å². The number of aromatic nitrogens is 2. The highest BCUT2D eigenvalue weighted by molar-refractivity contribution is 7.99. The first kappa shape index (κ1) is 15.9. The number of carbonyl (C=O) groups is 1. The highest BCUT2D eigenvalue weighted by atomic mass is 32.2. The molecule has 6 heteroatoms. The summed E-state index contributed by atoms with van der Waals surface area (Å²) in [6, 6.07) is 0. The number of nitrogens with zero attached hydrogens (tertiary/aromatic N) is 2. The number of nitrogen functional groups attached to an aromatic ring is 1. The highest BCUT2D eigenvalue weighted by Crippen LogP contribution is 2.28. The second-order valence-electron chi connectivity index (χ2n) is 4.71. The molecule has 0 spiro atoms. The average Bonchev–Trinajstić information content (AvgIpc) is 2.63. The lowest BCUT2D eigenvalue weighted by atomic mass is 10.2. The van der Waals surface area contributed by atoms with Gasteiger partial charge in [-0.2, -0.15) is 5.10 Å². The molecule has 0 saturated heterocycles. The zero-order valence-electron chi connectivity index (χ0n) is 12.1. The summed E-state index contributed by atoms with van der Waals surface area (Å²) in [5.41, 5.74) is 6.46. The topological polar surface area (TPSA) is 70.1 Å². The van der Waals surface area contributed by atoms with Gasteiger partial charge in [-0.05, 0) is 25.0 Å². The van der Waals surface area contributed by atoms with Gasteiger partial charge in [-0.1, -0.05) is 20.8 Å². The van der Waals surface area contributed by atoms with E-state index >= 15 is 0 Å². The first-order chi connectivity index (χ1) is 9.01. The molecule has 1 heterocycles. The number of nitrogens with two attached hydrogens (primary N) is 1. The van der Waals surface area contributed by atoms with E-state index in [2.05, 4.69) is 25.9 Å². The smallest absolute Gasteiger partial charge is 0.344 e. The summed E-state index contributed by atoms with van der Waals surface area (Å²) >= 11 is 1.55. The van der Waals surface area contributed by atoms with E-state index in [4.69, 9.17) is 10.5 Å². The zero-order chi connectivity index (χ0) is 14.4. The standard InChI is InChI=1S/C13H23N3O2S/c1-5-7-19-12-10(13(17)18-6-2)11(14)16(15-12)8-9(3)4/h9H,5-8,14H2,1-4H3. The summed E-state index contributed by atoms with van der Waals surface area (Å²) in [4.78, 5) is 12.0. The van der Waals surface area contributed by atoms with Crippen molar-refractivity contribution in [3.8, 4) is 0 Å². The number of hydrogen-bond donors (Lipinski definition) is 1. The molecule has 0 amide bonds. The molecule has 1 aromatic heterocycles. The fraction of sp³-hybridized carbons (Fsp3) is 0.692. The molecule has 0 fully saturated rings. The van der Waals surface area contributed by atoms with Crippen molar-refractivity contribution in [2.24, 2.45) is 5.92 Å². The lowest BCUT2D eigenvalue weighted by Gasteiger charge is -2.07. The van der Waals surface area contributed by atoms with E-state index in [1.807, 2.05) is 0 Å². The van der Waals surface area contributed by atoms with Crippen molar-refractivity contribution in [1.82, 2.24) is 9.78 Å². The number of hydrogen-bond acceptors (Lipinski definition) is 5. The fourth-order valence-electron chi connectivity index (χ4n) is 1.63. The molecule has 0 aliphatic rings. The molecule has 0 bridgehead atoms. The molecule has 1 rings (SSSR count). The highest BCUT2D eigenvalue weighted by Gasteiger charge is 2.23. The van der Waals surface area contributed by atoms with Crippen LogP contribution in [-0.4, -0.2) is 28.1 Å². The molecule has 0 aromatic carbocycles. The van der Waals surface area contributed by atoms with Gasteiger partial charge in [0.2, 0.25) is 0 Å². The summed E-state index contributed by atoms with van der Waals surface area (Å²) < 4.78 is 6.77. The summed E-state index contributed by atoms with van der Waals surface area (Å²) in [6.45, 7) is 9.08. The monoisotopic (exact) mass is 285 g/mol. The second kappa shape index (κ2) is 7.43. The average molecular weight is 285 g/mol. The van der Waals surface area contributed by atoms with E-state index in [0.29, 0.717) is 35.5 Å². The van der Waals surface area contributed by atoms with E-state index in [1.54, 1.807) is 23.4 Å². The van der Waals surface area contributed by atoms with Crippen molar-refractivity contribution in [3.05, 3.63) is 5.56 Å².